The molecule has 138 valence electrons. The smallest absolute Gasteiger partial charge is 0.302 e. The summed E-state index contributed by atoms with van der Waals surface area (Å²) in [5.74, 6) is -0.882. The number of hydrogen-bond donors (Lipinski definition) is 2. The molecule has 0 radical (unpaired) electrons. The lowest BCUT2D eigenvalue weighted by Crippen LogP contribution is -2.33. The Bertz CT molecular complexity index is 896. The van der Waals surface area contributed by atoms with Crippen molar-refractivity contribution in [2.45, 2.75) is 25.8 Å². The van der Waals surface area contributed by atoms with Crippen molar-refractivity contribution in [1.29, 1.82) is 0 Å². The standard InChI is InChI=1S/C19H19N5O3/c1-13(7-8-14-5-3-2-4-6-14)22-18(26)16-12-27-19(23-16)24-17(25)15-11-20-9-10-21-15/h2-6,9-13H,7-8H2,1H3,(H,22,26)(H,23,24,25). The highest BCUT2D eigenvalue weighted by atomic mass is 16.4. The summed E-state index contributed by atoms with van der Waals surface area (Å²) in [6, 6.07) is 9.95. The van der Waals surface area contributed by atoms with Gasteiger partial charge >= 0.3 is 6.01 Å². The van der Waals surface area contributed by atoms with Crippen molar-refractivity contribution in [3.8, 4) is 0 Å². The molecule has 2 heterocycles. The van der Waals surface area contributed by atoms with Gasteiger partial charge in [0.2, 0.25) is 0 Å². The largest absolute Gasteiger partial charge is 0.431 e. The van der Waals surface area contributed by atoms with Crippen molar-refractivity contribution in [1.82, 2.24) is 20.3 Å². The fourth-order valence-corrected chi connectivity index (χ4v) is 2.41. The quantitative estimate of drug-likeness (QED) is 0.665. The van der Waals surface area contributed by atoms with E-state index in [0.717, 1.165) is 12.8 Å². The molecule has 1 unspecified atom stereocenters. The minimum atomic E-state index is -0.520. The van der Waals surface area contributed by atoms with Gasteiger partial charge in [-0.25, -0.2) is 4.98 Å². The molecular formula is C19H19N5O3. The molecule has 0 fully saturated rings. The summed E-state index contributed by atoms with van der Waals surface area (Å²) >= 11 is 0. The van der Waals surface area contributed by atoms with E-state index in [-0.39, 0.29) is 29.4 Å². The summed E-state index contributed by atoms with van der Waals surface area (Å²) in [6.07, 6.45) is 7.04. The maximum atomic E-state index is 12.3. The first kappa shape index (κ1) is 18.2. The van der Waals surface area contributed by atoms with E-state index in [1.54, 1.807) is 0 Å². The van der Waals surface area contributed by atoms with Crippen LogP contribution in [-0.2, 0) is 6.42 Å². The molecule has 2 aromatic heterocycles. The highest BCUT2D eigenvalue weighted by molar-refractivity contribution is 6.01. The number of amides is 2. The summed E-state index contributed by atoms with van der Waals surface area (Å²) in [6.45, 7) is 1.93. The Balaban J connectivity index is 1.51. The van der Waals surface area contributed by atoms with Crippen LogP contribution in [0.1, 0.15) is 39.9 Å². The summed E-state index contributed by atoms with van der Waals surface area (Å²) in [7, 11) is 0. The van der Waals surface area contributed by atoms with Crippen LogP contribution in [0.4, 0.5) is 6.01 Å². The van der Waals surface area contributed by atoms with Gasteiger partial charge in [-0.3, -0.25) is 19.9 Å². The average molecular weight is 365 g/mol. The Labute approximate surface area is 156 Å². The topological polar surface area (TPSA) is 110 Å². The first-order valence-corrected chi connectivity index (χ1v) is 8.49. The van der Waals surface area contributed by atoms with Crippen LogP contribution in [-0.4, -0.2) is 32.8 Å². The number of aromatic nitrogens is 3. The van der Waals surface area contributed by atoms with Crippen molar-refractivity contribution < 1.29 is 14.0 Å². The van der Waals surface area contributed by atoms with Crippen LogP contribution >= 0.6 is 0 Å². The van der Waals surface area contributed by atoms with Crippen molar-refractivity contribution in [3.63, 3.8) is 0 Å². The van der Waals surface area contributed by atoms with Crippen LogP contribution in [0, 0.1) is 0 Å². The van der Waals surface area contributed by atoms with Gasteiger partial charge in [0.1, 0.15) is 12.0 Å². The predicted molar refractivity (Wildman–Crippen MR) is 98.2 cm³/mol. The zero-order valence-corrected chi connectivity index (χ0v) is 14.8. The van der Waals surface area contributed by atoms with E-state index in [0.29, 0.717) is 0 Å². The molecule has 0 aliphatic rings. The highest BCUT2D eigenvalue weighted by Gasteiger charge is 2.17. The lowest BCUT2D eigenvalue weighted by molar-refractivity contribution is 0.0932. The molecule has 3 rings (SSSR count). The maximum Gasteiger partial charge on any atom is 0.302 e. The normalized spacial score (nSPS) is 11.6. The van der Waals surface area contributed by atoms with Gasteiger partial charge < -0.3 is 9.73 Å². The number of nitrogens with one attached hydrogen (secondary N) is 2. The van der Waals surface area contributed by atoms with Gasteiger partial charge in [0.25, 0.3) is 11.8 Å². The summed E-state index contributed by atoms with van der Waals surface area (Å²) in [4.78, 5) is 35.9. The van der Waals surface area contributed by atoms with Gasteiger partial charge in [0.15, 0.2) is 5.69 Å². The summed E-state index contributed by atoms with van der Waals surface area (Å²) in [5, 5.41) is 5.30. The maximum absolute atomic E-state index is 12.3. The third kappa shape index (κ3) is 5.21. The van der Waals surface area contributed by atoms with Gasteiger partial charge in [-0.05, 0) is 25.3 Å². The van der Waals surface area contributed by atoms with E-state index in [2.05, 4.69) is 37.7 Å². The molecule has 2 amide bonds. The third-order valence-corrected chi connectivity index (χ3v) is 3.84. The molecule has 0 bridgehead atoms. The first-order valence-electron chi connectivity index (χ1n) is 8.49. The van der Waals surface area contributed by atoms with E-state index in [1.807, 2.05) is 25.1 Å². The Morgan fingerprint density at radius 2 is 1.93 bits per heavy atom. The lowest BCUT2D eigenvalue weighted by atomic mass is 10.1. The number of anilines is 1. The van der Waals surface area contributed by atoms with E-state index in [4.69, 9.17) is 4.42 Å². The molecule has 1 aromatic carbocycles. The zero-order valence-electron chi connectivity index (χ0n) is 14.8. The van der Waals surface area contributed by atoms with Crippen molar-refractivity contribution in [2.24, 2.45) is 0 Å². The van der Waals surface area contributed by atoms with E-state index >= 15 is 0 Å². The van der Waals surface area contributed by atoms with Gasteiger partial charge in [0.05, 0.1) is 6.20 Å². The number of rotatable bonds is 7. The number of carbonyl (C=O) groups excluding carboxylic acids is 2. The van der Waals surface area contributed by atoms with Gasteiger partial charge in [-0.2, -0.15) is 4.98 Å². The summed E-state index contributed by atoms with van der Waals surface area (Å²) in [5.41, 5.74) is 1.43. The SMILES string of the molecule is CC(CCc1ccccc1)NC(=O)c1coc(NC(=O)c2cnccn2)n1. The van der Waals surface area contributed by atoms with Gasteiger partial charge in [0, 0.05) is 18.4 Å². The molecule has 0 saturated heterocycles. The predicted octanol–water partition coefficient (Wildman–Crippen LogP) is 2.47. The highest BCUT2D eigenvalue weighted by Crippen LogP contribution is 2.10. The number of hydrogen-bond acceptors (Lipinski definition) is 6. The van der Waals surface area contributed by atoms with E-state index in [1.165, 1.54) is 30.4 Å². The Morgan fingerprint density at radius 3 is 2.67 bits per heavy atom. The second kappa shape index (κ2) is 8.70. The van der Waals surface area contributed by atoms with Crippen LogP contribution in [0.25, 0.3) is 0 Å². The molecule has 27 heavy (non-hydrogen) atoms. The third-order valence-electron chi connectivity index (χ3n) is 3.84. The number of benzene rings is 1. The minimum Gasteiger partial charge on any atom is -0.431 e. The van der Waals surface area contributed by atoms with Crippen LogP contribution < -0.4 is 10.6 Å². The van der Waals surface area contributed by atoms with Crippen LogP contribution in [0.5, 0.6) is 0 Å². The summed E-state index contributed by atoms with van der Waals surface area (Å²) < 4.78 is 5.14. The molecule has 0 aliphatic heterocycles. The lowest BCUT2D eigenvalue weighted by Gasteiger charge is -2.12. The van der Waals surface area contributed by atoms with Crippen molar-refractivity contribution in [3.05, 3.63) is 72.1 Å². The average Bonchev–Trinajstić information content (AvgIpc) is 3.16. The molecule has 8 heteroatoms. The number of aryl methyl sites for hydroxylation is 1. The van der Waals surface area contributed by atoms with E-state index < -0.39 is 5.91 Å². The van der Waals surface area contributed by atoms with Crippen LogP contribution in [0.3, 0.4) is 0 Å². The van der Waals surface area contributed by atoms with Crippen LogP contribution in [0.15, 0.2) is 59.6 Å². The minimum absolute atomic E-state index is 0.0351. The molecule has 0 saturated carbocycles. The fourth-order valence-electron chi connectivity index (χ4n) is 2.41. The molecule has 0 aliphatic carbocycles. The molecule has 1 atom stereocenters. The van der Waals surface area contributed by atoms with Crippen molar-refractivity contribution >= 4 is 17.8 Å². The van der Waals surface area contributed by atoms with Gasteiger partial charge in [-0.1, -0.05) is 30.3 Å². The zero-order chi connectivity index (χ0) is 19.1. The monoisotopic (exact) mass is 365 g/mol. The first-order chi connectivity index (χ1) is 13.1. The Hall–Kier alpha value is -3.55. The molecular weight excluding hydrogens is 346 g/mol. The van der Waals surface area contributed by atoms with Crippen LogP contribution in [0.2, 0.25) is 0 Å². The second-order valence-corrected chi connectivity index (χ2v) is 5.98. The Kier molecular flexibility index (Phi) is 5.88. The molecule has 2 N–H and O–H groups in total. The Morgan fingerprint density at radius 1 is 1.11 bits per heavy atom. The van der Waals surface area contributed by atoms with E-state index in [9.17, 15) is 9.59 Å². The number of oxazole rings is 1. The number of carbonyl (C=O) groups is 2. The number of nitrogens with zero attached hydrogens (tertiary/aromatic N) is 3. The molecule has 0 spiro atoms. The van der Waals surface area contributed by atoms with Crippen molar-refractivity contribution in [2.75, 3.05) is 5.32 Å². The molecule has 3 aromatic rings. The second-order valence-electron chi connectivity index (χ2n) is 5.98. The fraction of sp³-hybridized carbons (Fsp3) is 0.211. The molecule has 8 nitrogen and oxygen atoms in total. The van der Waals surface area contributed by atoms with Gasteiger partial charge in [-0.15, -0.1) is 0 Å².